The van der Waals surface area contributed by atoms with Crippen molar-refractivity contribution >= 4 is 10.8 Å². The highest BCUT2D eigenvalue weighted by atomic mass is 32.2. The highest BCUT2D eigenvalue weighted by molar-refractivity contribution is 7.85. The fourth-order valence-electron chi connectivity index (χ4n) is 1.65. The summed E-state index contributed by atoms with van der Waals surface area (Å²) >= 11 is 0. The predicted octanol–water partition coefficient (Wildman–Crippen LogP) is 1.92. The summed E-state index contributed by atoms with van der Waals surface area (Å²) in [7, 11) is -0.524. The lowest BCUT2D eigenvalue weighted by atomic mass is 9.92. The summed E-state index contributed by atoms with van der Waals surface area (Å²) in [6.07, 6.45) is 3.40. The third kappa shape index (κ3) is 5.11. The van der Waals surface area contributed by atoms with Gasteiger partial charge in [-0.3, -0.25) is 4.21 Å². The van der Waals surface area contributed by atoms with Crippen LogP contribution in [0.15, 0.2) is 0 Å². The molecule has 1 heterocycles. The molecule has 0 saturated carbocycles. The fraction of sp³-hybridized carbons (Fsp3) is 1.00. The lowest BCUT2D eigenvalue weighted by Crippen LogP contribution is -2.37. The van der Waals surface area contributed by atoms with Crippen LogP contribution in [-0.2, 0) is 10.8 Å². The predicted molar refractivity (Wildman–Crippen MR) is 63.0 cm³/mol. The van der Waals surface area contributed by atoms with Gasteiger partial charge in [-0.05, 0) is 31.2 Å². The Balaban J connectivity index is 2.10. The van der Waals surface area contributed by atoms with Crippen molar-refractivity contribution in [2.45, 2.75) is 46.1 Å². The molecule has 1 aliphatic heterocycles. The Bertz CT molecular complexity index is 188. The molecule has 1 rings (SSSR count). The molecular formula is C11H23NOS. The first-order chi connectivity index (χ1) is 6.47. The molecule has 0 spiro atoms. The molecule has 1 aliphatic rings. The first-order valence-corrected chi connectivity index (χ1v) is 7.04. The number of nitrogens with one attached hydrogen (secondary N) is 1. The van der Waals surface area contributed by atoms with Gasteiger partial charge in [0.2, 0.25) is 0 Å². The van der Waals surface area contributed by atoms with Crippen LogP contribution in [0.4, 0.5) is 0 Å². The van der Waals surface area contributed by atoms with Gasteiger partial charge in [-0.25, -0.2) is 0 Å². The van der Waals surface area contributed by atoms with Gasteiger partial charge in [-0.1, -0.05) is 20.8 Å². The molecule has 1 fully saturated rings. The van der Waals surface area contributed by atoms with Gasteiger partial charge in [0.05, 0.1) is 0 Å². The van der Waals surface area contributed by atoms with Crippen molar-refractivity contribution in [3.8, 4) is 0 Å². The standard InChI is InChI=1S/C11H23NOS/c1-11(2,3)6-7-12-10-4-8-14(13)9-5-10/h10,12H,4-9H2,1-3H3. The lowest BCUT2D eigenvalue weighted by molar-refractivity contribution is 0.348. The van der Waals surface area contributed by atoms with Gasteiger partial charge in [0.1, 0.15) is 0 Å². The molecule has 0 unspecified atom stereocenters. The molecule has 2 nitrogen and oxygen atoms in total. The molecule has 0 bridgehead atoms. The molecular weight excluding hydrogens is 194 g/mol. The third-order valence-corrected chi connectivity index (χ3v) is 4.08. The first-order valence-electron chi connectivity index (χ1n) is 5.56. The molecule has 0 aromatic rings. The molecule has 0 radical (unpaired) electrons. The zero-order valence-corrected chi connectivity index (χ0v) is 10.5. The normalized spacial score (nSPS) is 29.1. The highest BCUT2D eigenvalue weighted by Gasteiger charge is 2.17. The Hall–Kier alpha value is 0.110. The largest absolute Gasteiger partial charge is 0.314 e. The summed E-state index contributed by atoms with van der Waals surface area (Å²) in [5, 5.41) is 3.56. The minimum atomic E-state index is -0.524. The Kier molecular flexibility index (Phi) is 4.58. The molecule has 0 atom stereocenters. The van der Waals surface area contributed by atoms with Crippen LogP contribution in [0.1, 0.15) is 40.0 Å². The summed E-state index contributed by atoms with van der Waals surface area (Å²) in [6, 6.07) is 0.620. The molecule has 0 aromatic carbocycles. The Labute approximate surface area is 90.3 Å². The van der Waals surface area contributed by atoms with E-state index >= 15 is 0 Å². The van der Waals surface area contributed by atoms with Gasteiger partial charge in [-0.15, -0.1) is 0 Å². The molecule has 84 valence electrons. The quantitative estimate of drug-likeness (QED) is 0.782. The smallest absolute Gasteiger partial charge is 0.0249 e. The molecule has 1 saturated heterocycles. The van der Waals surface area contributed by atoms with E-state index in [0.717, 1.165) is 30.9 Å². The summed E-state index contributed by atoms with van der Waals surface area (Å²) in [6.45, 7) is 7.90. The minimum absolute atomic E-state index is 0.421. The summed E-state index contributed by atoms with van der Waals surface area (Å²) in [5.74, 6) is 1.79. The van der Waals surface area contributed by atoms with E-state index in [2.05, 4.69) is 26.1 Å². The van der Waals surface area contributed by atoms with Crippen LogP contribution >= 0.6 is 0 Å². The Morgan fingerprint density at radius 3 is 2.36 bits per heavy atom. The van der Waals surface area contributed by atoms with Crippen molar-refractivity contribution in [1.29, 1.82) is 0 Å². The monoisotopic (exact) mass is 217 g/mol. The van der Waals surface area contributed by atoms with Crippen molar-refractivity contribution in [2.24, 2.45) is 5.41 Å². The van der Waals surface area contributed by atoms with Crippen molar-refractivity contribution in [1.82, 2.24) is 5.32 Å². The maximum absolute atomic E-state index is 11.1. The van der Waals surface area contributed by atoms with Gasteiger partial charge in [0.25, 0.3) is 0 Å². The van der Waals surface area contributed by atoms with Gasteiger partial charge in [0.15, 0.2) is 0 Å². The van der Waals surface area contributed by atoms with Crippen LogP contribution in [0.3, 0.4) is 0 Å². The second-order valence-electron chi connectivity index (χ2n) is 5.39. The molecule has 3 heteroatoms. The number of hydrogen-bond donors (Lipinski definition) is 1. The number of hydrogen-bond acceptors (Lipinski definition) is 2. The topological polar surface area (TPSA) is 29.1 Å². The van der Waals surface area contributed by atoms with Gasteiger partial charge < -0.3 is 5.32 Å². The van der Waals surface area contributed by atoms with E-state index in [1.807, 2.05) is 0 Å². The van der Waals surface area contributed by atoms with Crippen LogP contribution in [-0.4, -0.2) is 28.3 Å². The summed E-state index contributed by atoms with van der Waals surface area (Å²) in [5.41, 5.74) is 0.421. The zero-order chi connectivity index (χ0) is 10.6. The van der Waals surface area contributed by atoms with Crippen molar-refractivity contribution in [3.63, 3.8) is 0 Å². The summed E-state index contributed by atoms with van der Waals surface area (Å²) in [4.78, 5) is 0. The van der Waals surface area contributed by atoms with Crippen molar-refractivity contribution in [3.05, 3.63) is 0 Å². The average Bonchev–Trinajstić information content (AvgIpc) is 2.06. The van der Waals surface area contributed by atoms with E-state index in [1.54, 1.807) is 0 Å². The maximum atomic E-state index is 11.1. The Morgan fingerprint density at radius 1 is 1.29 bits per heavy atom. The minimum Gasteiger partial charge on any atom is -0.314 e. The number of rotatable bonds is 3. The maximum Gasteiger partial charge on any atom is 0.0249 e. The van der Waals surface area contributed by atoms with Crippen molar-refractivity contribution in [2.75, 3.05) is 18.1 Å². The van der Waals surface area contributed by atoms with Crippen LogP contribution in [0.25, 0.3) is 0 Å². The molecule has 0 aliphatic carbocycles. The molecule has 1 N–H and O–H groups in total. The zero-order valence-electron chi connectivity index (χ0n) is 9.64. The third-order valence-electron chi connectivity index (χ3n) is 2.70. The van der Waals surface area contributed by atoms with Gasteiger partial charge in [-0.2, -0.15) is 0 Å². The Morgan fingerprint density at radius 2 is 1.86 bits per heavy atom. The van der Waals surface area contributed by atoms with E-state index in [0.29, 0.717) is 11.5 Å². The first kappa shape index (κ1) is 12.2. The van der Waals surface area contributed by atoms with Crippen LogP contribution in [0.2, 0.25) is 0 Å². The van der Waals surface area contributed by atoms with E-state index in [4.69, 9.17) is 0 Å². The second kappa shape index (κ2) is 5.26. The van der Waals surface area contributed by atoms with Gasteiger partial charge >= 0.3 is 0 Å². The lowest BCUT2D eigenvalue weighted by Gasteiger charge is -2.25. The van der Waals surface area contributed by atoms with E-state index in [9.17, 15) is 4.21 Å². The second-order valence-corrected chi connectivity index (χ2v) is 7.08. The van der Waals surface area contributed by atoms with Crippen LogP contribution in [0, 0.1) is 5.41 Å². The summed E-state index contributed by atoms with van der Waals surface area (Å²) < 4.78 is 11.1. The van der Waals surface area contributed by atoms with Crippen LogP contribution < -0.4 is 5.32 Å². The van der Waals surface area contributed by atoms with E-state index < -0.39 is 10.8 Å². The van der Waals surface area contributed by atoms with E-state index in [1.165, 1.54) is 6.42 Å². The van der Waals surface area contributed by atoms with Gasteiger partial charge in [0, 0.05) is 28.3 Å². The SMILES string of the molecule is CC(C)(C)CCNC1CCS(=O)CC1. The highest BCUT2D eigenvalue weighted by Crippen LogP contribution is 2.17. The van der Waals surface area contributed by atoms with E-state index in [-0.39, 0.29) is 0 Å². The van der Waals surface area contributed by atoms with Crippen LogP contribution in [0.5, 0.6) is 0 Å². The molecule has 0 aromatic heterocycles. The molecule has 14 heavy (non-hydrogen) atoms. The van der Waals surface area contributed by atoms with Crippen molar-refractivity contribution < 1.29 is 4.21 Å². The fourth-order valence-corrected chi connectivity index (χ4v) is 2.95. The average molecular weight is 217 g/mol. The molecule has 0 amide bonds.